The summed E-state index contributed by atoms with van der Waals surface area (Å²) in [6.07, 6.45) is -0.884. The minimum absolute atomic E-state index is 0.0975. The lowest BCUT2D eigenvalue weighted by Crippen LogP contribution is -2.25. The summed E-state index contributed by atoms with van der Waals surface area (Å²) in [5.74, 6) is 0.344. The van der Waals surface area contributed by atoms with Gasteiger partial charge in [-0.05, 0) is 37.1 Å². The molecular weight excluding hydrogens is 414 g/mol. The second-order valence-corrected chi connectivity index (χ2v) is 7.38. The summed E-state index contributed by atoms with van der Waals surface area (Å²) in [7, 11) is 1.60. The van der Waals surface area contributed by atoms with Gasteiger partial charge in [-0.2, -0.15) is 5.10 Å². The number of benzene rings is 2. The predicted molar refractivity (Wildman–Crippen MR) is 117 cm³/mol. The second-order valence-electron chi connectivity index (χ2n) is 7.38. The number of aromatic nitrogens is 3. The van der Waals surface area contributed by atoms with Gasteiger partial charge in [-0.3, -0.25) is 4.79 Å². The molecule has 0 unspecified atom stereocenters. The first-order chi connectivity index (χ1) is 15.5. The SMILES string of the molecule is COc1ccc(CCNC(=O)c2cnn3c(C(F)F)cc(-c4ccc(C)cc4)nc23)cc1. The number of nitrogens with zero attached hydrogens (tertiary/aromatic N) is 3. The molecule has 4 aromatic rings. The van der Waals surface area contributed by atoms with Crippen molar-refractivity contribution in [3.05, 3.63) is 83.2 Å². The average molecular weight is 436 g/mol. The van der Waals surface area contributed by atoms with E-state index in [9.17, 15) is 13.6 Å². The van der Waals surface area contributed by atoms with E-state index in [1.165, 1.54) is 12.3 Å². The third-order valence-corrected chi connectivity index (χ3v) is 5.17. The zero-order chi connectivity index (χ0) is 22.7. The van der Waals surface area contributed by atoms with Crippen LogP contribution in [0.15, 0.2) is 60.8 Å². The molecule has 0 aliphatic heterocycles. The average Bonchev–Trinajstić information content (AvgIpc) is 3.23. The van der Waals surface area contributed by atoms with Crippen molar-refractivity contribution >= 4 is 11.6 Å². The van der Waals surface area contributed by atoms with E-state index in [1.807, 2.05) is 55.5 Å². The Labute approximate surface area is 183 Å². The van der Waals surface area contributed by atoms with Gasteiger partial charge in [0.2, 0.25) is 0 Å². The van der Waals surface area contributed by atoms with Crippen molar-refractivity contribution in [2.24, 2.45) is 0 Å². The molecule has 0 fully saturated rings. The zero-order valence-corrected chi connectivity index (χ0v) is 17.7. The Morgan fingerprint density at radius 3 is 2.50 bits per heavy atom. The molecule has 0 aliphatic carbocycles. The quantitative estimate of drug-likeness (QED) is 0.459. The normalized spacial score (nSPS) is 11.2. The smallest absolute Gasteiger partial charge is 0.280 e. The number of rotatable bonds is 7. The van der Waals surface area contributed by atoms with Crippen LogP contribution in [0.4, 0.5) is 8.78 Å². The first kappa shape index (κ1) is 21.4. The highest BCUT2D eigenvalue weighted by Crippen LogP contribution is 2.27. The number of ether oxygens (including phenoxy) is 1. The van der Waals surface area contributed by atoms with E-state index in [2.05, 4.69) is 15.4 Å². The van der Waals surface area contributed by atoms with Gasteiger partial charge >= 0.3 is 0 Å². The first-order valence-electron chi connectivity index (χ1n) is 10.1. The number of fused-ring (bicyclic) bond motifs is 1. The molecule has 32 heavy (non-hydrogen) atoms. The molecule has 2 heterocycles. The topological polar surface area (TPSA) is 68.5 Å². The Morgan fingerprint density at radius 2 is 1.84 bits per heavy atom. The molecule has 4 rings (SSSR count). The van der Waals surface area contributed by atoms with E-state index in [0.717, 1.165) is 21.4 Å². The lowest BCUT2D eigenvalue weighted by molar-refractivity contribution is 0.0955. The van der Waals surface area contributed by atoms with Crippen LogP contribution in [0.5, 0.6) is 5.75 Å². The number of halogens is 2. The fraction of sp³-hybridized carbons (Fsp3) is 0.208. The van der Waals surface area contributed by atoms with Gasteiger partial charge in [-0.1, -0.05) is 42.0 Å². The number of amides is 1. The van der Waals surface area contributed by atoms with E-state index in [4.69, 9.17) is 4.74 Å². The van der Waals surface area contributed by atoms with Crippen LogP contribution in [0, 0.1) is 6.92 Å². The molecule has 1 N–H and O–H groups in total. The van der Waals surface area contributed by atoms with Crippen LogP contribution in [-0.4, -0.2) is 34.2 Å². The minimum Gasteiger partial charge on any atom is -0.497 e. The Kier molecular flexibility index (Phi) is 6.11. The van der Waals surface area contributed by atoms with E-state index in [-0.39, 0.29) is 16.9 Å². The van der Waals surface area contributed by atoms with E-state index in [1.54, 1.807) is 7.11 Å². The lowest BCUT2D eigenvalue weighted by atomic mass is 10.1. The van der Waals surface area contributed by atoms with Crippen LogP contribution in [0.25, 0.3) is 16.9 Å². The molecule has 6 nitrogen and oxygen atoms in total. The lowest BCUT2D eigenvalue weighted by Gasteiger charge is -2.09. The van der Waals surface area contributed by atoms with E-state index >= 15 is 0 Å². The largest absolute Gasteiger partial charge is 0.497 e. The first-order valence-corrected chi connectivity index (χ1v) is 10.1. The Balaban J connectivity index is 1.58. The van der Waals surface area contributed by atoms with Crippen molar-refractivity contribution < 1.29 is 18.3 Å². The number of alkyl halides is 2. The Hall–Kier alpha value is -3.81. The van der Waals surface area contributed by atoms with Gasteiger partial charge in [-0.25, -0.2) is 18.3 Å². The Bertz CT molecular complexity index is 1240. The van der Waals surface area contributed by atoms with Gasteiger partial charge in [0.25, 0.3) is 12.3 Å². The number of nitrogens with one attached hydrogen (secondary N) is 1. The zero-order valence-electron chi connectivity index (χ0n) is 17.7. The van der Waals surface area contributed by atoms with Crippen molar-refractivity contribution in [2.75, 3.05) is 13.7 Å². The van der Waals surface area contributed by atoms with Crippen molar-refractivity contribution in [1.29, 1.82) is 0 Å². The molecule has 8 heteroatoms. The fourth-order valence-corrected chi connectivity index (χ4v) is 3.38. The van der Waals surface area contributed by atoms with Crippen molar-refractivity contribution in [1.82, 2.24) is 19.9 Å². The molecule has 1 amide bonds. The molecule has 0 saturated heterocycles. The molecular formula is C24H22F2N4O2. The van der Waals surface area contributed by atoms with Crippen LogP contribution in [0.1, 0.15) is 33.6 Å². The molecule has 0 bridgehead atoms. The van der Waals surface area contributed by atoms with Crippen LogP contribution in [0.3, 0.4) is 0 Å². The number of aryl methyl sites for hydroxylation is 1. The van der Waals surface area contributed by atoms with Crippen molar-refractivity contribution in [2.45, 2.75) is 19.8 Å². The highest BCUT2D eigenvalue weighted by atomic mass is 19.3. The second kappa shape index (κ2) is 9.13. The van der Waals surface area contributed by atoms with Crippen LogP contribution >= 0.6 is 0 Å². The molecule has 0 atom stereocenters. The summed E-state index contributed by atoms with van der Waals surface area (Å²) in [5.41, 5.74) is 3.06. The van der Waals surface area contributed by atoms with Gasteiger partial charge < -0.3 is 10.1 Å². The maximum absolute atomic E-state index is 13.7. The monoisotopic (exact) mass is 436 g/mol. The maximum Gasteiger partial charge on any atom is 0.280 e. The van der Waals surface area contributed by atoms with Gasteiger partial charge in [0.1, 0.15) is 17.0 Å². The fourth-order valence-electron chi connectivity index (χ4n) is 3.38. The van der Waals surface area contributed by atoms with Crippen molar-refractivity contribution in [3.8, 4) is 17.0 Å². The third-order valence-electron chi connectivity index (χ3n) is 5.17. The molecule has 0 aliphatic rings. The molecule has 0 saturated carbocycles. The summed E-state index contributed by atoms with van der Waals surface area (Å²) < 4.78 is 33.6. The number of hydrogen-bond acceptors (Lipinski definition) is 4. The summed E-state index contributed by atoms with van der Waals surface area (Å²) >= 11 is 0. The minimum atomic E-state index is -2.77. The molecule has 164 valence electrons. The van der Waals surface area contributed by atoms with Crippen LogP contribution in [-0.2, 0) is 6.42 Å². The Morgan fingerprint density at radius 1 is 1.12 bits per heavy atom. The van der Waals surface area contributed by atoms with Crippen LogP contribution in [0.2, 0.25) is 0 Å². The highest BCUT2D eigenvalue weighted by molar-refractivity contribution is 5.99. The summed E-state index contributed by atoms with van der Waals surface area (Å²) in [4.78, 5) is 17.2. The van der Waals surface area contributed by atoms with Crippen molar-refractivity contribution in [3.63, 3.8) is 0 Å². The van der Waals surface area contributed by atoms with E-state index < -0.39 is 12.3 Å². The van der Waals surface area contributed by atoms with Gasteiger partial charge in [-0.15, -0.1) is 0 Å². The van der Waals surface area contributed by atoms with E-state index in [0.29, 0.717) is 24.2 Å². The highest BCUT2D eigenvalue weighted by Gasteiger charge is 2.21. The summed E-state index contributed by atoms with van der Waals surface area (Å²) in [6.45, 7) is 2.32. The van der Waals surface area contributed by atoms with Gasteiger partial charge in [0.15, 0.2) is 5.65 Å². The predicted octanol–water partition coefficient (Wildman–Crippen LogP) is 4.62. The number of carbonyl (C=O) groups is 1. The van der Waals surface area contributed by atoms with Crippen LogP contribution < -0.4 is 10.1 Å². The molecule has 0 spiro atoms. The van der Waals surface area contributed by atoms with Gasteiger partial charge in [0, 0.05) is 12.1 Å². The molecule has 2 aromatic heterocycles. The summed E-state index contributed by atoms with van der Waals surface area (Å²) in [6, 6.07) is 16.2. The maximum atomic E-state index is 13.7. The number of carbonyl (C=O) groups excluding carboxylic acids is 1. The summed E-state index contributed by atoms with van der Waals surface area (Å²) in [5, 5.41) is 6.81. The third kappa shape index (κ3) is 4.44. The molecule has 0 radical (unpaired) electrons. The molecule has 2 aromatic carbocycles. The number of hydrogen-bond donors (Lipinski definition) is 1. The van der Waals surface area contributed by atoms with Gasteiger partial charge in [0.05, 0.1) is 19.0 Å². The number of methoxy groups -OCH3 is 1. The standard InChI is InChI=1S/C24H22F2N4O2/c1-15-3-7-17(8-4-15)20-13-21(22(25)26)30-23(29-20)19(14-28-30)24(31)27-12-11-16-5-9-18(32-2)10-6-16/h3-10,13-14,22H,11-12H2,1-2H3,(H,27,31).